The summed E-state index contributed by atoms with van der Waals surface area (Å²) in [5.41, 5.74) is 0.856. The van der Waals surface area contributed by atoms with Crippen LogP contribution in [-0.2, 0) is 6.61 Å². The van der Waals surface area contributed by atoms with Crippen molar-refractivity contribution < 1.29 is 19.4 Å². The van der Waals surface area contributed by atoms with Gasteiger partial charge in [0.15, 0.2) is 0 Å². The monoisotopic (exact) mass is 386 g/mol. The standard InChI is InChI=1S/C20H14N2O4S.Li.H/c21-11-13-3-5-14(6-4-13)19(23)22-18-8-7-15(10-17(18)20(24)25)26-12-16-2-1-9-27-16;;/h1-10H,12H2,(H,22,23)(H,24,25);;. The summed E-state index contributed by atoms with van der Waals surface area (Å²) < 4.78 is 5.62. The Morgan fingerprint density at radius 1 is 1.14 bits per heavy atom. The van der Waals surface area contributed by atoms with Crippen LogP contribution in [0, 0.1) is 11.3 Å². The van der Waals surface area contributed by atoms with Gasteiger partial charge in [0.2, 0.25) is 0 Å². The predicted molar refractivity (Wildman–Crippen MR) is 108 cm³/mol. The maximum atomic E-state index is 12.3. The normalized spacial score (nSPS) is 9.68. The molecule has 0 radical (unpaired) electrons. The van der Waals surface area contributed by atoms with E-state index in [2.05, 4.69) is 5.32 Å². The van der Waals surface area contributed by atoms with E-state index in [1.54, 1.807) is 17.4 Å². The molecule has 1 aromatic heterocycles. The summed E-state index contributed by atoms with van der Waals surface area (Å²) in [7, 11) is 0. The Bertz CT molecular complexity index is 1010. The quantitative estimate of drug-likeness (QED) is 0.632. The van der Waals surface area contributed by atoms with Crippen LogP contribution in [0.25, 0.3) is 0 Å². The average Bonchev–Trinajstić information content (AvgIpc) is 3.20. The number of rotatable bonds is 6. The topological polar surface area (TPSA) is 99.4 Å². The molecule has 0 spiro atoms. The van der Waals surface area contributed by atoms with Crippen molar-refractivity contribution in [1.29, 1.82) is 5.26 Å². The maximum absolute atomic E-state index is 12.3. The van der Waals surface area contributed by atoms with Crippen LogP contribution in [0.1, 0.15) is 31.2 Å². The fourth-order valence-electron chi connectivity index (χ4n) is 2.34. The molecule has 8 heteroatoms. The van der Waals surface area contributed by atoms with Gasteiger partial charge in [-0.1, -0.05) is 6.07 Å². The minimum absolute atomic E-state index is 0. The third kappa shape index (κ3) is 5.25. The molecule has 136 valence electrons. The van der Waals surface area contributed by atoms with Gasteiger partial charge in [-0.15, -0.1) is 11.3 Å². The van der Waals surface area contributed by atoms with E-state index in [4.69, 9.17) is 10.00 Å². The number of carbonyl (C=O) groups is 2. The Morgan fingerprint density at radius 3 is 2.50 bits per heavy atom. The molecule has 1 amide bonds. The molecule has 0 aliphatic heterocycles. The van der Waals surface area contributed by atoms with Crippen LogP contribution in [0.15, 0.2) is 60.0 Å². The summed E-state index contributed by atoms with van der Waals surface area (Å²) in [6.45, 7) is 0.341. The number of nitrogens with one attached hydrogen (secondary N) is 1. The van der Waals surface area contributed by atoms with Gasteiger partial charge in [-0.2, -0.15) is 5.26 Å². The Hall–Kier alpha value is -3.03. The second-order valence-electron chi connectivity index (χ2n) is 5.52. The summed E-state index contributed by atoms with van der Waals surface area (Å²) >= 11 is 1.55. The Kier molecular flexibility index (Phi) is 7.42. The van der Waals surface area contributed by atoms with Gasteiger partial charge in [0, 0.05) is 10.4 Å². The van der Waals surface area contributed by atoms with Gasteiger partial charge in [-0.05, 0) is 53.9 Å². The second-order valence-corrected chi connectivity index (χ2v) is 6.56. The Balaban J connectivity index is 0.00000280. The number of nitriles is 1. The molecule has 0 fully saturated rings. The van der Waals surface area contributed by atoms with Crippen molar-refractivity contribution in [3.05, 3.63) is 81.5 Å². The first-order valence-electron chi connectivity index (χ1n) is 7.91. The summed E-state index contributed by atoms with van der Waals surface area (Å²) in [6.07, 6.45) is 0. The third-order valence-electron chi connectivity index (χ3n) is 3.71. The van der Waals surface area contributed by atoms with Crippen molar-refractivity contribution in [2.45, 2.75) is 6.61 Å². The zero-order valence-corrected chi connectivity index (χ0v) is 14.8. The molecule has 3 aromatic rings. The molecule has 6 nitrogen and oxygen atoms in total. The zero-order valence-electron chi connectivity index (χ0n) is 14.0. The first-order valence-corrected chi connectivity index (χ1v) is 8.79. The number of hydrogen-bond donors (Lipinski definition) is 2. The number of thiophene rings is 1. The van der Waals surface area contributed by atoms with Crippen LogP contribution in [0.4, 0.5) is 5.69 Å². The number of nitrogens with zero attached hydrogens (tertiary/aromatic N) is 1. The van der Waals surface area contributed by atoms with E-state index in [0.29, 0.717) is 23.5 Å². The van der Waals surface area contributed by atoms with Crippen molar-refractivity contribution in [3.8, 4) is 11.8 Å². The van der Waals surface area contributed by atoms with Gasteiger partial charge in [0.1, 0.15) is 12.4 Å². The molecule has 0 saturated heterocycles. The number of ether oxygens (including phenoxy) is 1. The first-order chi connectivity index (χ1) is 13.1. The molecular weight excluding hydrogens is 371 g/mol. The van der Waals surface area contributed by atoms with Gasteiger partial charge < -0.3 is 15.2 Å². The minimum atomic E-state index is -1.17. The number of hydrogen-bond acceptors (Lipinski definition) is 5. The van der Waals surface area contributed by atoms with Crippen LogP contribution in [0.3, 0.4) is 0 Å². The van der Waals surface area contributed by atoms with Crippen molar-refractivity contribution >= 4 is 47.8 Å². The third-order valence-corrected chi connectivity index (χ3v) is 4.56. The number of carboxylic acid groups (broad SMARTS) is 1. The van der Waals surface area contributed by atoms with E-state index >= 15 is 0 Å². The molecule has 3 rings (SSSR count). The van der Waals surface area contributed by atoms with Gasteiger partial charge in [0.05, 0.1) is 22.9 Å². The SMILES string of the molecule is N#Cc1ccc(C(=O)Nc2ccc(OCc3cccs3)cc2C(=O)O)cc1.[LiH]. The molecule has 0 aliphatic rings. The summed E-state index contributed by atoms with van der Waals surface area (Å²) in [5, 5.41) is 22.8. The van der Waals surface area contributed by atoms with E-state index in [1.165, 1.54) is 36.4 Å². The molecular formula is C20H15LiN2O4S. The molecule has 0 bridgehead atoms. The summed E-state index contributed by atoms with van der Waals surface area (Å²) in [6, 6.07) is 16.3. The number of carbonyl (C=O) groups excluding carboxylic acids is 1. The van der Waals surface area contributed by atoms with Gasteiger partial charge in [0.25, 0.3) is 5.91 Å². The number of amides is 1. The first kappa shape index (κ1) is 21.3. The van der Waals surface area contributed by atoms with Crippen LogP contribution in [0.2, 0.25) is 0 Å². The van der Waals surface area contributed by atoms with Crippen molar-refractivity contribution in [1.82, 2.24) is 0 Å². The van der Waals surface area contributed by atoms with Gasteiger partial charge in [-0.25, -0.2) is 4.79 Å². The Labute approximate surface area is 177 Å². The van der Waals surface area contributed by atoms with Crippen LogP contribution < -0.4 is 10.1 Å². The Morgan fingerprint density at radius 2 is 1.89 bits per heavy atom. The van der Waals surface area contributed by atoms with E-state index in [0.717, 1.165) is 4.88 Å². The summed E-state index contributed by atoms with van der Waals surface area (Å²) in [4.78, 5) is 24.9. The number of anilines is 1. The van der Waals surface area contributed by atoms with Crippen molar-refractivity contribution in [2.75, 3.05) is 5.32 Å². The second kappa shape index (κ2) is 9.77. The van der Waals surface area contributed by atoms with Gasteiger partial charge in [-0.3, -0.25) is 4.79 Å². The molecule has 0 saturated carbocycles. The molecule has 1 heterocycles. The van der Waals surface area contributed by atoms with Crippen molar-refractivity contribution in [2.24, 2.45) is 0 Å². The van der Waals surface area contributed by atoms with E-state index in [-0.39, 0.29) is 30.1 Å². The fraction of sp³-hybridized carbons (Fsp3) is 0.0500. The molecule has 0 atom stereocenters. The predicted octanol–water partition coefficient (Wildman–Crippen LogP) is 3.50. The van der Waals surface area contributed by atoms with E-state index in [1.807, 2.05) is 23.6 Å². The van der Waals surface area contributed by atoms with Crippen LogP contribution in [-0.4, -0.2) is 35.8 Å². The molecule has 2 aromatic carbocycles. The van der Waals surface area contributed by atoms with E-state index < -0.39 is 11.9 Å². The summed E-state index contributed by atoms with van der Waals surface area (Å²) in [5.74, 6) is -1.24. The fourth-order valence-corrected chi connectivity index (χ4v) is 2.95. The molecule has 0 unspecified atom stereocenters. The molecule has 0 aliphatic carbocycles. The van der Waals surface area contributed by atoms with E-state index in [9.17, 15) is 14.7 Å². The molecule has 2 N–H and O–H groups in total. The number of aromatic carboxylic acids is 1. The average molecular weight is 386 g/mol. The van der Waals surface area contributed by atoms with Crippen LogP contribution in [0.5, 0.6) is 5.75 Å². The van der Waals surface area contributed by atoms with Crippen molar-refractivity contribution in [3.63, 3.8) is 0 Å². The van der Waals surface area contributed by atoms with Crippen LogP contribution >= 0.6 is 11.3 Å². The molecule has 28 heavy (non-hydrogen) atoms. The zero-order chi connectivity index (χ0) is 19.2. The number of carboxylic acids is 1. The van der Waals surface area contributed by atoms with Gasteiger partial charge >= 0.3 is 24.8 Å². The number of benzene rings is 2.